The van der Waals surface area contributed by atoms with E-state index in [1.807, 2.05) is 24.3 Å². The van der Waals surface area contributed by atoms with Crippen LogP contribution < -0.4 is 4.74 Å². The van der Waals surface area contributed by atoms with Crippen molar-refractivity contribution in [1.29, 1.82) is 0 Å². The molecule has 86 valence electrons. The summed E-state index contributed by atoms with van der Waals surface area (Å²) >= 11 is 0. The molecule has 1 aromatic heterocycles. The van der Waals surface area contributed by atoms with Crippen LogP contribution in [0.5, 0.6) is 5.75 Å². The average molecular weight is 246 g/mol. The molecule has 5 heteroatoms. The lowest BCUT2D eigenvalue weighted by atomic mass is 10.0. The maximum atomic E-state index is 11.4. The van der Waals surface area contributed by atoms with Gasteiger partial charge in [0.2, 0.25) is 5.16 Å². The number of hydrogen-bond donors (Lipinski definition) is 0. The Bertz CT molecular complexity index is 613. The Hall–Kier alpha value is -1.75. The maximum absolute atomic E-state index is 11.4. The molecular formula is C12H10N2O2S. The first-order valence-electron chi connectivity index (χ1n) is 5.17. The SMILES string of the molecule is CS(=O)c1ncc2c(n1)-c1ccccc1OC2. The van der Waals surface area contributed by atoms with Crippen molar-refractivity contribution in [2.75, 3.05) is 6.26 Å². The number of benzene rings is 1. The fourth-order valence-corrected chi connectivity index (χ4v) is 2.23. The Balaban J connectivity index is 2.22. The van der Waals surface area contributed by atoms with Gasteiger partial charge in [-0.3, -0.25) is 4.21 Å². The molecule has 17 heavy (non-hydrogen) atoms. The molecule has 0 aliphatic carbocycles. The summed E-state index contributed by atoms with van der Waals surface area (Å²) in [5.41, 5.74) is 2.69. The van der Waals surface area contributed by atoms with E-state index in [-0.39, 0.29) is 0 Å². The molecule has 2 aromatic rings. The summed E-state index contributed by atoms with van der Waals surface area (Å²) in [6, 6.07) is 7.71. The zero-order valence-electron chi connectivity index (χ0n) is 9.21. The molecule has 1 aliphatic heterocycles. The molecule has 1 unspecified atom stereocenters. The van der Waals surface area contributed by atoms with Gasteiger partial charge in [0.15, 0.2) is 0 Å². The minimum atomic E-state index is -1.17. The highest BCUT2D eigenvalue weighted by Crippen LogP contribution is 2.35. The van der Waals surface area contributed by atoms with E-state index in [0.29, 0.717) is 11.8 Å². The molecule has 3 rings (SSSR count). The highest BCUT2D eigenvalue weighted by Gasteiger charge is 2.19. The Morgan fingerprint density at radius 2 is 2.18 bits per heavy atom. The normalized spacial score (nSPS) is 14.4. The van der Waals surface area contributed by atoms with E-state index in [4.69, 9.17) is 4.74 Å². The summed E-state index contributed by atoms with van der Waals surface area (Å²) in [4.78, 5) is 8.44. The summed E-state index contributed by atoms with van der Waals surface area (Å²) in [5, 5.41) is 0.362. The average Bonchev–Trinajstić information content (AvgIpc) is 2.38. The number of hydrogen-bond acceptors (Lipinski definition) is 4. The van der Waals surface area contributed by atoms with Gasteiger partial charge < -0.3 is 4.74 Å². The van der Waals surface area contributed by atoms with Crippen molar-refractivity contribution in [2.45, 2.75) is 11.8 Å². The maximum Gasteiger partial charge on any atom is 0.218 e. The number of para-hydroxylation sites is 1. The van der Waals surface area contributed by atoms with Gasteiger partial charge in [-0.2, -0.15) is 0 Å². The first-order chi connectivity index (χ1) is 8.25. The van der Waals surface area contributed by atoms with E-state index in [0.717, 1.165) is 22.6 Å². The fourth-order valence-electron chi connectivity index (χ4n) is 1.81. The second-order valence-corrected chi connectivity index (χ2v) is 5.04. The van der Waals surface area contributed by atoms with Gasteiger partial charge in [0.25, 0.3) is 0 Å². The van der Waals surface area contributed by atoms with E-state index in [9.17, 15) is 4.21 Å². The molecule has 2 heterocycles. The monoisotopic (exact) mass is 246 g/mol. The van der Waals surface area contributed by atoms with Crippen LogP contribution in [0.1, 0.15) is 5.56 Å². The van der Waals surface area contributed by atoms with Crippen LogP contribution in [0.3, 0.4) is 0 Å². The van der Waals surface area contributed by atoms with Gasteiger partial charge in [-0.25, -0.2) is 9.97 Å². The van der Waals surface area contributed by atoms with Crippen molar-refractivity contribution < 1.29 is 8.95 Å². The van der Waals surface area contributed by atoms with E-state index in [1.54, 1.807) is 12.5 Å². The summed E-state index contributed by atoms with van der Waals surface area (Å²) in [7, 11) is -1.17. The van der Waals surface area contributed by atoms with Crippen molar-refractivity contribution in [3.05, 3.63) is 36.0 Å². The lowest BCUT2D eigenvalue weighted by Crippen LogP contribution is -2.10. The summed E-state index contributed by atoms with van der Waals surface area (Å²) in [6.45, 7) is 0.461. The van der Waals surface area contributed by atoms with Gasteiger partial charge in [0.1, 0.15) is 12.4 Å². The smallest absolute Gasteiger partial charge is 0.218 e. The minimum absolute atomic E-state index is 0.362. The number of fused-ring (bicyclic) bond motifs is 3. The molecule has 0 radical (unpaired) electrons. The van der Waals surface area contributed by atoms with Crippen molar-refractivity contribution in [2.24, 2.45) is 0 Å². The van der Waals surface area contributed by atoms with Gasteiger partial charge in [0.05, 0.1) is 16.5 Å². The molecule has 0 amide bonds. The highest BCUT2D eigenvalue weighted by molar-refractivity contribution is 7.84. The van der Waals surface area contributed by atoms with Crippen LogP contribution in [0, 0.1) is 0 Å². The largest absolute Gasteiger partial charge is 0.488 e. The quantitative estimate of drug-likeness (QED) is 0.720. The van der Waals surface area contributed by atoms with Gasteiger partial charge in [-0.1, -0.05) is 12.1 Å². The van der Waals surface area contributed by atoms with Gasteiger partial charge >= 0.3 is 0 Å². The molecule has 0 spiro atoms. The topological polar surface area (TPSA) is 52.1 Å². The minimum Gasteiger partial charge on any atom is -0.488 e. The van der Waals surface area contributed by atoms with Gasteiger partial charge in [-0.15, -0.1) is 0 Å². The molecule has 0 N–H and O–H groups in total. The summed E-state index contributed by atoms with van der Waals surface area (Å²) in [5.74, 6) is 0.812. The van der Waals surface area contributed by atoms with Crippen LogP contribution >= 0.6 is 0 Å². The summed E-state index contributed by atoms with van der Waals surface area (Å²) < 4.78 is 17.0. The Labute approximate surface area is 101 Å². The molecule has 0 saturated carbocycles. The lowest BCUT2D eigenvalue weighted by molar-refractivity contribution is 0.300. The molecule has 0 bridgehead atoms. The number of nitrogens with zero attached hydrogens (tertiary/aromatic N) is 2. The fraction of sp³-hybridized carbons (Fsp3) is 0.167. The van der Waals surface area contributed by atoms with Crippen LogP contribution in [0.4, 0.5) is 0 Å². The van der Waals surface area contributed by atoms with Crippen LogP contribution in [0.25, 0.3) is 11.3 Å². The van der Waals surface area contributed by atoms with E-state index < -0.39 is 10.8 Å². The third kappa shape index (κ3) is 1.72. The molecule has 0 saturated heterocycles. The zero-order chi connectivity index (χ0) is 11.8. The predicted molar refractivity (Wildman–Crippen MR) is 64.1 cm³/mol. The number of rotatable bonds is 1. The molecule has 1 aromatic carbocycles. The van der Waals surface area contributed by atoms with Gasteiger partial charge in [-0.05, 0) is 12.1 Å². The Kier molecular flexibility index (Phi) is 2.40. The molecule has 1 atom stereocenters. The van der Waals surface area contributed by atoms with Crippen molar-refractivity contribution >= 4 is 10.8 Å². The predicted octanol–water partition coefficient (Wildman–Crippen LogP) is 1.77. The van der Waals surface area contributed by atoms with Gasteiger partial charge in [0, 0.05) is 23.6 Å². The van der Waals surface area contributed by atoms with Crippen LogP contribution in [0.15, 0.2) is 35.6 Å². The molecule has 4 nitrogen and oxygen atoms in total. The summed E-state index contributed by atoms with van der Waals surface area (Å²) in [6.07, 6.45) is 3.27. The van der Waals surface area contributed by atoms with Crippen molar-refractivity contribution in [3.63, 3.8) is 0 Å². The first-order valence-corrected chi connectivity index (χ1v) is 6.73. The number of aromatic nitrogens is 2. The first kappa shape index (κ1) is 10.4. The Morgan fingerprint density at radius 3 is 3.00 bits per heavy atom. The highest BCUT2D eigenvalue weighted by atomic mass is 32.2. The second kappa shape index (κ2) is 3.92. The lowest BCUT2D eigenvalue weighted by Gasteiger charge is -2.19. The van der Waals surface area contributed by atoms with Crippen molar-refractivity contribution in [3.8, 4) is 17.0 Å². The van der Waals surface area contributed by atoms with Crippen LogP contribution in [-0.2, 0) is 17.4 Å². The van der Waals surface area contributed by atoms with Crippen molar-refractivity contribution in [1.82, 2.24) is 9.97 Å². The molecule has 0 fully saturated rings. The molecule has 1 aliphatic rings. The standard InChI is InChI=1S/C12H10N2O2S/c1-17(15)12-13-6-8-7-16-10-5-3-2-4-9(10)11(8)14-12/h2-6H,7H2,1H3. The third-order valence-corrected chi connectivity index (χ3v) is 3.34. The zero-order valence-corrected chi connectivity index (χ0v) is 10.0. The second-order valence-electron chi connectivity index (χ2n) is 3.77. The number of ether oxygens (including phenoxy) is 1. The van der Waals surface area contributed by atoms with Crippen LogP contribution in [-0.4, -0.2) is 20.4 Å². The Morgan fingerprint density at radius 1 is 1.35 bits per heavy atom. The molecular weight excluding hydrogens is 236 g/mol. The van der Waals surface area contributed by atoms with Crippen LogP contribution in [0.2, 0.25) is 0 Å². The van der Waals surface area contributed by atoms with E-state index in [1.165, 1.54) is 0 Å². The van der Waals surface area contributed by atoms with E-state index in [2.05, 4.69) is 9.97 Å². The van der Waals surface area contributed by atoms with E-state index >= 15 is 0 Å². The third-order valence-electron chi connectivity index (χ3n) is 2.62.